The second-order valence-electron chi connectivity index (χ2n) is 7.22. The highest BCUT2D eigenvalue weighted by Crippen LogP contribution is 2.28. The summed E-state index contributed by atoms with van der Waals surface area (Å²) in [4.78, 5) is 17.2. The van der Waals surface area contributed by atoms with Crippen molar-refractivity contribution in [2.75, 3.05) is 19.7 Å². The molecule has 3 aromatic carbocycles. The van der Waals surface area contributed by atoms with E-state index in [-0.39, 0.29) is 0 Å². The quantitative estimate of drug-likeness (QED) is 0.312. The third kappa shape index (κ3) is 3.56. The number of hydrogen-bond donors (Lipinski definition) is 4. The number of fused-ring (bicyclic) bond motifs is 4. The fourth-order valence-electron chi connectivity index (χ4n) is 3.70. The SMILES string of the molecule is O=c1[nH]c2cc(C(O)CNCCOc3ccc4c(c3)[nH]c3ccccc34)ccc2o1. The molecule has 0 aliphatic rings. The van der Waals surface area contributed by atoms with Crippen LogP contribution < -0.4 is 15.8 Å². The minimum absolute atomic E-state index is 0.373. The van der Waals surface area contributed by atoms with Crippen LogP contribution in [-0.4, -0.2) is 34.8 Å². The number of para-hydroxylation sites is 1. The fraction of sp³-hybridized carbons (Fsp3) is 0.174. The van der Waals surface area contributed by atoms with Crippen LogP contribution in [0.5, 0.6) is 5.75 Å². The van der Waals surface area contributed by atoms with Crippen LogP contribution in [0.4, 0.5) is 0 Å². The Balaban J connectivity index is 1.15. The van der Waals surface area contributed by atoms with Crippen molar-refractivity contribution in [2.45, 2.75) is 6.10 Å². The van der Waals surface area contributed by atoms with Gasteiger partial charge in [-0.1, -0.05) is 24.3 Å². The predicted molar refractivity (Wildman–Crippen MR) is 116 cm³/mol. The van der Waals surface area contributed by atoms with Gasteiger partial charge in [0.1, 0.15) is 12.4 Å². The molecule has 4 N–H and O–H groups in total. The molecule has 0 fully saturated rings. The zero-order valence-corrected chi connectivity index (χ0v) is 16.1. The molecule has 7 heteroatoms. The van der Waals surface area contributed by atoms with Crippen molar-refractivity contribution >= 4 is 32.9 Å². The number of H-pyrrole nitrogens is 2. The average molecular weight is 403 g/mol. The first-order valence-corrected chi connectivity index (χ1v) is 9.82. The summed E-state index contributed by atoms with van der Waals surface area (Å²) in [5.41, 5.74) is 3.91. The number of oxazole rings is 1. The molecule has 0 bridgehead atoms. The van der Waals surface area contributed by atoms with Crippen molar-refractivity contribution in [2.24, 2.45) is 0 Å². The number of nitrogens with one attached hydrogen (secondary N) is 3. The van der Waals surface area contributed by atoms with Crippen LogP contribution in [0.3, 0.4) is 0 Å². The van der Waals surface area contributed by atoms with E-state index in [4.69, 9.17) is 9.15 Å². The largest absolute Gasteiger partial charge is 0.492 e. The molecule has 0 spiro atoms. The van der Waals surface area contributed by atoms with Gasteiger partial charge in [0.05, 0.1) is 17.1 Å². The monoisotopic (exact) mass is 403 g/mol. The minimum atomic E-state index is -0.699. The highest BCUT2D eigenvalue weighted by atomic mass is 16.5. The van der Waals surface area contributed by atoms with E-state index in [1.807, 2.05) is 24.3 Å². The summed E-state index contributed by atoms with van der Waals surface area (Å²) in [6.45, 7) is 1.44. The van der Waals surface area contributed by atoms with Crippen LogP contribution in [0.15, 0.2) is 69.9 Å². The van der Waals surface area contributed by atoms with E-state index in [0.717, 1.165) is 16.8 Å². The van der Waals surface area contributed by atoms with Gasteiger partial charge in [-0.2, -0.15) is 0 Å². The summed E-state index contributed by atoms with van der Waals surface area (Å²) >= 11 is 0. The fourth-order valence-corrected chi connectivity index (χ4v) is 3.70. The van der Waals surface area contributed by atoms with Gasteiger partial charge in [-0.15, -0.1) is 0 Å². The first kappa shape index (κ1) is 18.5. The summed E-state index contributed by atoms with van der Waals surface area (Å²) in [7, 11) is 0. The normalized spacial score (nSPS) is 12.7. The van der Waals surface area contributed by atoms with Gasteiger partial charge in [0, 0.05) is 35.4 Å². The van der Waals surface area contributed by atoms with E-state index in [9.17, 15) is 9.90 Å². The molecule has 0 amide bonds. The van der Waals surface area contributed by atoms with Gasteiger partial charge in [0.2, 0.25) is 0 Å². The van der Waals surface area contributed by atoms with E-state index >= 15 is 0 Å². The first-order chi connectivity index (χ1) is 14.7. The topological polar surface area (TPSA) is 103 Å². The van der Waals surface area contributed by atoms with Gasteiger partial charge in [-0.3, -0.25) is 4.98 Å². The zero-order valence-electron chi connectivity index (χ0n) is 16.1. The van der Waals surface area contributed by atoms with Gasteiger partial charge in [0.15, 0.2) is 5.58 Å². The average Bonchev–Trinajstić information content (AvgIpc) is 3.31. The van der Waals surface area contributed by atoms with Crippen molar-refractivity contribution in [1.29, 1.82) is 0 Å². The van der Waals surface area contributed by atoms with E-state index in [2.05, 4.69) is 33.5 Å². The number of hydrogen-bond acceptors (Lipinski definition) is 5. The van der Waals surface area contributed by atoms with Gasteiger partial charge in [0.25, 0.3) is 0 Å². The summed E-state index contributed by atoms with van der Waals surface area (Å²) in [5.74, 6) is 0.295. The Bertz CT molecular complexity index is 1380. The summed E-state index contributed by atoms with van der Waals surface area (Å²) in [6, 6.07) is 19.4. The third-order valence-electron chi connectivity index (χ3n) is 5.19. The molecule has 1 unspecified atom stereocenters. The smallest absolute Gasteiger partial charge is 0.417 e. The molecule has 0 saturated heterocycles. The Morgan fingerprint density at radius 1 is 0.967 bits per heavy atom. The molecule has 2 aromatic heterocycles. The number of benzene rings is 3. The van der Waals surface area contributed by atoms with Crippen LogP contribution in [-0.2, 0) is 0 Å². The molecule has 0 radical (unpaired) electrons. The Kier molecular flexibility index (Phi) is 4.74. The number of aromatic amines is 2. The highest BCUT2D eigenvalue weighted by molar-refractivity contribution is 6.07. The Morgan fingerprint density at radius 3 is 2.77 bits per heavy atom. The van der Waals surface area contributed by atoms with Crippen molar-refractivity contribution in [3.8, 4) is 5.75 Å². The first-order valence-electron chi connectivity index (χ1n) is 9.82. The van der Waals surface area contributed by atoms with E-state index in [0.29, 0.717) is 36.4 Å². The predicted octanol–water partition coefficient (Wildman–Crippen LogP) is 3.46. The molecule has 2 heterocycles. The van der Waals surface area contributed by atoms with Crippen LogP contribution in [0, 0.1) is 0 Å². The van der Waals surface area contributed by atoms with Crippen LogP contribution >= 0.6 is 0 Å². The Hall–Kier alpha value is -3.55. The minimum Gasteiger partial charge on any atom is -0.492 e. The van der Waals surface area contributed by atoms with Gasteiger partial charge < -0.3 is 24.6 Å². The standard InChI is InChI=1S/C23H21N3O4/c27-21(14-5-8-22-20(11-14)26-23(28)30-22)13-24-9-10-29-15-6-7-17-16-3-1-2-4-18(16)25-19(17)12-15/h1-8,11-12,21,24-25,27H,9-10,13H2,(H,26,28). The lowest BCUT2D eigenvalue weighted by atomic mass is 10.1. The van der Waals surface area contributed by atoms with E-state index in [1.165, 1.54) is 10.8 Å². The van der Waals surface area contributed by atoms with Crippen molar-refractivity contribution in [1.82, 2.24) is 15.3 Å². The second kappa shape index (κ2) is 7.70. The van der Waals surface area contributed by atoms with Crippen molar-refractivity contribution < 1.29 is 14.3 Å². The molecule has 0 aliphatic heterocycles. The molecule has 152 valence electrons. The lowest BCUT2D eigenvalue weighted by Crippen LogP contribution is -2.26. The number of aromatic nitrogens is 2. The third-order valence-corrected chi connectivity index (χ3v) is 5.19. The van der Waals surface area contributed by atoms with Gasteiger partial charge in [-0.25, -0.2) is 4.79 Å². The van der Waals surface area contributed by atoms with Gasteiger partial charge >= 0.3 is 5.76 Å². The molecular formula is C23H21N3O4. The molecule has 5 rings (SSSR count). The molecule has 5 aromatic rings. The molecule has 7 nitrogen and oxygen atoms in total. The number of aliphatic hydroxyl groups excluding tert-OH is 1. The van der Waals surface area contributed by atoms with Crippen molar-refractivity contribution in [3.05, 3.63) is 76.8 Å². The summed E-state index contributed by atoms with van der Waals surface area (Å²) in [5, 5.41) is 15.9. The van der Waals surface area contributed by atoms with Crippen LogP contribution in [0.1, 0.15) is 11.7 Å². The lowest BCUT2D eigenvalue weighted by molar-refractivity contribution is 0.172. The Labute approximate surface area is 171 Å². The molecular weight excluding hydrogens is 382 g/mol. The summed E-state index contributed by atoms with van der Waals surface area (Å²) in [6.07, 6.45) is -0.699. The molecule has 1 atom stereocenters. The lowest BCUT2D eigenvalue weighted by Gasteiger charge is -2.13. The summed E-state index contributed by atoms with van der Waals surface area (Å²) < 4.78 is 10.8. The molecule has 0 aliphatic carbocycles. The maximum Gasteiger partial charge on any atom is 0.417 e. The zero-order chi connectivity index (χ0) is 20.5. The highest BCUT2D eigenvalue weighted by Gasteiger charge is 2.10. The maximum atomic E-state index is 11.2. The number of rotatable bonds is 7. The number of aliphatic hydroxyl groups is 1. The second-order valence-corrected chi connectivity index (χ2v) is 7.22. The van der Waals surface area contributed by atoms with Crippen molar-refractivity contribution in [3.63, 3.8) is 0 Å². The Morgan fingerprint density at radius 2 is 1.83 bits per heavy atom. The number of ether oxygens (including phenoxy) is 1. The van der Waals surface area contributed by atoms with E-state index < -0.39 is 11.9 Å². The van der Waals surface area contributed by atoms with E-state index in [1.54, 1.807) is 18.2 Å². The van der Waals surface area contributed by atoms with Gasteiger partial charge in [-0.05, 0) is 35.9 Å². The maximum absolute atomic E-state index is 11.2. The van der Waals surface area contributed by atoms with Crippen LogP contribution in [0.2, 0.25) is 0 Å². The molecule has 0 saturated carbocycles. The van der Waals surface area contributed by atoms with Crippen LogP contribution in [0.25, 0.3) is 32.9 Å². The molecule has 30 heavy (non-hydrogen) atoms.